The summed E-state index contributed by atoms with van der Waals surface area (Å²) in [7, 11) is -2.37. The highest BCUT2D eigenvalue weighted by Gasteiger charge is 2.33. The summed E-state index contributed by atoms with van der Waals surface area (Å²) in [5.74, 6) is -2.39. The maximum Gasteiger partial charge on any atom is 0.338 e. The van der Waals surface area contributed by atoms with Crippen LogP contribution in [0.1, 0.15) is 56.8 Å². The number of sulfonamides is 1. The minimum atomic E-state index is -3.74. The Bertz CT molecular complexity index is 1300. The second-order valence-corrected chi connectivity index (χ2v) is 10.3. The van der Waals surface area contributed by atoms with Crippen molar-refractivity contribution in [2.24, 2.45) is 0 Å². The van der Waals surface area contributed by atoms with Crippen LogP contribution in [0, 0.1) is 0 Å². The summed E-state index contributed by atoms with van der Waals surface area (Å²) in [5.41, 5.74) is 0.705. The third kappa shape index (κ3) is 5.10. The van der Waals surface area contributed by atoms with E-state index in [1.807, 2.05) is 0 Å². The highest BCUT2D eigenvalue weighted by molar-refractivity contribution is 7.89. The van der Waals surface area contributed by atoms with Crippen LogP contribution >= 0.6 is 0 Å². The van der Waals surface area contributed by atoms with E-state index in [9.17, 15) is 27.6 Å². The van der Waals surface area contributed by atoms with E-state index < -0.39 is 40.3 Å². The van der Waals surface area contributed by atoms with Gasteiger partial charge in [-0.3, -0.25) is 19.3 Å². The number of ether oxygens (including phenoxy) is 1. The molecule has 10 nitrogen and oxygen atoms in total. The number of benzene rings is 2. The third-order valence-corrected chi connectivity index (χ3v) is 7.87. The lowest BCUT2D eigenvalue weighted by atomic mass is 10.1. The Kier molecular flexibility index (Phi) is 6.99. The second-order valence-electron chi connectivity index (χ2n) is 8.40. The number of esters is 1. The first kappa shape index (κ1) is 24.6. The number of nitrogens with zero attached hydrogens (tertiary/aromatic N) is 2. The molecular weight excluding hydrogens is 474 g/mol. The Hall–Kier alpha value is -3.57. The zero-order chi connectivity index (χ0) is 25.2. The molecule has 0 atom stereocenters. The van der Waals surface area contributed by atoms with Gasteiger partial charge in [0, 0.05) is 25.8 Å². The third-order valence-electron chi connectivity index (χ3n) is 5.98. The van der Waals surface area contributed by atoms with Crippen molar-refractivity contribution < 1.29 is 32.3 Å². The number of carbonyl (C=O) groups is 4. The molecule has 2 aliphatic heterocycles. The molecule has 2 aromatic carbocycles. The minimum absolute atomic E-state index is 0.000579. The Labute approximate surface area is 202 Å². The fourth-order valence-electron chi connectivity index (χ4n) is 4.07. The number of hydrogen-bond acceptors (Lipinski definition) is 7. The molecule has 35 heavy (non-hydrogen) atoms. The van der Waals surface area contributed by atoms with E-state index in [0.717, 1.165) is 30.6 Å². The summed E-state index contributed by atoms with van der Waals surface area (Å²) in [6, 6.07) is 9.86. The van der Waals surface area contributed by atoms with Crippen LogP contribution in [0.5, 0.6) is 0 Å². The zero-order valence-corrected chi connectivity index (χ0v) is 20.0. The van der Waals surface area contributed by atoms with Crippen molar-refractivity contribution >= 4 is 39.4 Å². The van der Waals surface area contributed by atoms with E-state index in [1.54, 1.807) is 0 Å². The van der Waals surface area contributed by atoms with Gasteiger partial charge in [-0.1, -0.05) is 18.9 Å². The number of carbonyl (C=O) groups excluding carboxylic acids is 4. The molecule has 184 valence electrons. The van der Waals surface area contributed by atoms with E-state index in [-0.39, 0.29) is 27.3 Å². The lowest BCUT2D eigenvalue weighted by Crippen LogP contribution is -2.32. The standard InChI is InChI=1S/C24H25N3O7S/c1-26-22(29)19-10-9-17(14-20(19)23(26)30)25-21(28)15-34-24(31)16-7-6-8-18(13-16)35(32,33)27-11-4-2-3-5-12-27/h6-10,13-14H,2-5,11-12,15H2,1H3,(H,25,28). The van der Waals surface area contributed by atoms with E-state index in [4.69, 9.17) is 4.74 Å². The monoisotopic (exact) mass is 499 g/mol. The molecule has 3 amide bonds. The molecule has 1 N–H and O–H groups in total. The van der Waals surface area contributed by atoms with Gasteiger partial charge in [0.15, 0.2) is 6.61 Å². The summed E-state index contributed by atoms with van der Waals surface area (Å²) in [4.78, 5) is 49.8. The first-order chi connectivity index (χ1) is 16.7. The van der Waals surface area contributed by atoms with Crippen LogP contribution in [0.4, 0.5) is 5.69 Å². The average Bonchev–Trinajstić information content (AvgIpc) is 3.06. The number of imide groups is 1. The summed E-state index contributed by atoms with van der Waals surface area (Å²) < 4.78 is 32.5. The Morgan fingerprint density at radius 1 is 0.943 bits per heavy atom. The van der Waals surface area contributed by atoms with Crippen LogP contribution in [0.2, 0.25) is 0 Å². The van der Waals surface area contributed by atoms with Crippen LogP contribution in [0.15, 0.2) is 47.4 Å². The Balaban J connectivity index is 1.38. The fraction of sp³-hybridized carbons (Fsp3) is 0.333. The fourth-order valence-corrected chi connectivity index (χ4v) is 5.63. The largest absolute Gasteiger partial charge is 0.452 e. The van der Waals surface area contributed by atoms with Gasteiger partial charge >= 0.3 is 5.97 Å². The van der Waals surface area contributed by atoms with Gasteiger partial charge in [0.1, 0.15) is 0 Å². The van der Waals surface area contributed by atoms with Gasteiger partial charge in [-0.05, 0) is 49.2 Å². The van der Waals surface area contributed by atoms with Crippen LogP contribution < -0.4 is 5.32 Å². The van der Waals surface area contributed by atoms with Crippen molar-refractivity contribution in [2.75, 3.05) is 32.1 Å². The van der Waals surface area contributed by atoms with E-state index in [2.05, 4.69) is 5.32 Å². The van der Waals surface area contributed by atoms with Gasteiger partial charge in [-0.25, -0.2) is 13.2 Å². The predicted molar refractivity (Wildman–Crippen MR) is 125 cm³/mol. The molecule has 1 saturated heterocycles. The molecule has 0 spiro atoms. The van der Waals surface area contributed by atoms with Gasteiger partial charge in [-0.2, -0.15) is 4.31 Å². The lowest BCUT2D eigenvalue weighted by Gasteiger charge is -2.20. The maximum absolute atomic E-state index is 13.0. The van der Waals surface area contributed by atoms with Crippen LogP contribution in [0.25, 0.3) is 0 Å². The normalized spacial score (nSPS) is 16.5. The molecule has 2 heterocycles. The smallest absolute Gasteiger partial charge is 0.338 e. The van der Waals surface area contributed by atoms with Crippen LogP contribution in [0.3, 0.4) is 0 Å². The van der Waals surface area contributed by atoms with Gasteiger partial charge < -0.3 is 10.1 Å². The molecule has 0 saturated carbocycles. The average molecular weight is 500 g/mol. The van der Waals surface area contributed by atoms with Crippen molar-refractivity contribution in [2.45, 2.75) is 30.6 Å². The molecule has 0 bridgehead atoms. The minimum Gasteiger partial charge on any atom is -0.452 e. The second kappa shape index (κ2) is 9.96. The van der Waals surface area contributed by atoms with Gasteiger partial charge in [-0.15, -0.1) is 0 Å². The number of amides is 3. The van der Waals surface area contributed by atoms with Crippen LogP contribution in [-0.2, 0) is 19.6 Å². The van der Waals surface area contributed by atoms with Crippen molar-refractivity contribution in [1.82, 2.24) is 9.21 Å². The quantitative estimate of drug-likeness (QED) is 0.477. The SMILES string of the molecule is CN1C(=O)c2ccc(NC(=O)COC(=O)c3cccc(S(=O)(=O)N4CCCCCC4)c3)cc2C1=O. The van der Waals surface area contributed by atoms with Gasteiger partial charge in [0.2, 0.25) is 10.0 Å². The summed E-state index contributed by atoms with van der Waals surface area (Å²) in [6.45, 7) is 0.262. The van der Waals surface area contributed by atoms with Gasteiger partial charge in [0.05, 0.1) is 21.6 Å². The molecular formula is C24H25N3O7S. The molecule has 0 radical (unpaired) electrons. The molecule has 0 aliphatic carbocycles. The lowest BCUT2D eigenvalue weighted by molar-refractivity contribution is -0.119. The molecule has 11 heteroatoms. The highest BCUT2D eigenvalue weighted by Crippen LogP contribution is 2.25. The first-order valence-electron chi connectivity index (χ1n) is 11.2. The number of nitrogens with one attached hydrogen (secondary N) is 1. The van der Waals surface area contributed by atoms with E-state index in [1.165, 1.54) is 53.8 Å². The molecule has 2 aromatic rings. The van der Waals surface area contributed by atoms with Crippen LogP contribution in [-0.4, -0.2) is 68.1 Å². The summed E-state index contributed by atoms with van der Waals surface area (Å²) >= 11 is 0. The molecule has 1 fully saturated rings. The number of hydrogen-bond donors (Lipinski definition) is 1. The molecule has 0 aromatic heterocycles. The topological polar surface area (TPSA) is 130 Å². The highest BCUT2D eigenvalue weighted by atomic mass is 32.2. The first-order valence-corrected chi connectivity index (χ1v) is 12.7. The number of fused-ring (bicyclic) bond motifs is 1. The summed E-state index contributed by atoms with van der Waals surface area (Å²) in [6.07, 6.45) is 3.55. The van der Waals surface area contributed by atoms with Gasteiger partial charge in [0.25, 0.3) is 17.7 Å². The maximum atomic E-state index is 13.0. The number of anilines is 1. The number of rotatable bonds is 6. The molecule has 2 aliphatic rings. The van der Waals surface area contributed by atoms with E-state index in [0.29, 0.717) is 13.1 Å². The van der Waals surface area contributed by atoms with E-state index >= 15 is 0 Å². The molecule has 0 unspecified atom stereocenters. The Morgan fingerprint density at radius 3 is 2.34 bits per heavy atom. The zero-order valence-electron chi connectivity index (χ0n) is 19.2. The van der Waals surface area contributed by atoms with Crippen molar-refractivity contribution in [3.05, 3.63) is 59.2 Å². The van der Waals surface area contributed by atoms with Crippen molar-refractivity contribution in [3.8, 4) is 0 Å². The summed E-state index contributed by atoms with van der Waals surface area (Å²) in [5, 5.41) is 2.51. The predicted octanol–water partition coefficient (Wildman–Crippen LogP) is 2.27. The Morgan fingerprint density at radius 2 is 1.63 bits per heavy atom. The molecule has 4 rings (SSSR count). The van der Waals surface area contributed by atoms with Crippen molar-refractivity contribution in [1.29, 1.82) is 0 Å². The van der Waals surface area contributed by atoms with Crippen molar-refractivity contribution in [3.63, 3.8) is 0 Å².